The highest BCUT2D eigenvalue weighted by Crippen LogP contribution is 2.31. The van der Waals surface area contributed by atoms with E-state index in [1.165, 1.54) is 6.33 Å². The topological polar surface area (TPSA) is 82.3 Å². The SMILES string of the molecule is COc1ccc(Nc2ncnc(Oc3ccc(Br)cc3)c2N)cc1. The minimum atomic E-state index is 0.295. The first kappa shape index (κ1) is 16.1. The molecule has 3 N–H and O–H groups in total. The summed E-state index contributed by atoms with van der Waals surface area (Å²) in [6.07, 6.45) is 1.40. The molecule has 0 atom stereocenters. The predicted octanol–water partition coefficient (Wildman–Crippen LogP) is 4.37. The van der Waals surface area contributed by atoms with Crippen LogP contribution in [0.1, 0.15) is 0 Å². The number of nitrogens with one attached hydrogen (secondary N) is 1. The molecular formula is C17H15BrN4O2. The summed E-state index contributed by atoms with van der Waals surface area (Å²) in [5.74, 6) is 2.18. The van der Waals surface area contributed by atoms with Gasteiger partial charge in [-0.25, -0.2) is 4.98 Å². The Bertz CT molecular complexity index is 823. The van der Waals surface area contributed by atoms with Crippen molar-refractivity contribution in [1.82, 2.24) is 9.97 Å². The van der Waals surface area contributed by atoms with E-state index in [-0.39, 0.29) is 0 Å². The maximum atomic E-state index is 6.12. The average Bonchev–Trinajstić information content (AvgIpc) is 2.61. The van der Waals surface area contributed by atoms with Crippen LogP contribution in [0.25, 0.3) is 0 Å². The van der Waals surface area contributed by atoms with Crippen LogP contribution < -0.4 is 20.5 Å². The maximum absolute atomic E-state index is 6.12. The molecule has 0 unspecified atom stereocenters. The quantitative estimate of drug-likeness (QED) is 0.677. The van der Waals surface area contributed by atoms with Gasteiger partial charge in [-0.3, -0.25) is 0 Å². The van der Waals surface area contributed by atoms with Gasteiger partial charge in [-0.1, -0.05) is 15.9 Å². The largest absolute Gasteiger partial charge is 0.497 e. The highest BCUT2D eigenvalue weighted by Gasteiger charge is 2.10. The van der Waals surface area contributed by atoms with E-state index in [1.807, 2.05) is 48.5 Å². The maximum Gasteiger partial charge on any atom is 0.248 e. The standard InChI is InChI=1S/C17H15BrN4O2/c1-23-13-8-4-12(5-9-13)22-16-15(19)17(21-10-20-16)24-14-6-2-11(18)3-7-14/h2-10H,19H2,1H3,(H,20,21,22). The molecule has 0 bridgehead atoms. The number of hydrogen-bond acceptors (Lipinski definition) is 6. The summed E-state index contributed by atoms with van der Waals surface area (Å²) in [4.78, 5) is 8.26. The Morgan fingerprint density at radius 1 is 0.958 bits per heavy atom. The van der Waals surface area contributed by atoms with Gasteiger partial charge in [0.15, 0.2) is 5.82 Å². The van der Waals surface area contributed by atoms with Gasteiger partial charge < -0.3 is 20.5 Å². The molecule has 3 rings (SSSR count). The number of halogens is 1. The van der Waals surface area contributed by atoms with Gasteiger partial charge in [0.2, 0.25) is 5.88 Å². The number of nitrogens with two attached hydrogens (primary N) is 1. The molecule has 1 heterocycles. The molecule has 3 aromatic rings. The van der Waals surface area contributed by atoms with Crippen molar-refractivity contribution in [3.05, 3.63) is 59.3 Å². The molecule has 0 aliphatic rings. The van der Waals surface area contributed by atoms with Gasteiger partial charge in [-0.05, 0) is 48.5 Å². The van der Waals surface area contributed by atoms with Crippen LogP contribution in [-0.2, 0) is 0 Å². The molecule has 0 aliphatic heterocycles. The number of nitrogen functional groups attached to an aromatic ring is 1. The summed E-state index contributed by atoms with van der Waals surface area (Å²) in [5, 5.41) is 3.14. The molecule has 2 aromatic carbocycles. The van der Waals surface area contributed by atoms with E-state index >= 15 is 0 Å². The number of aromatic nitrogens is 2. The molecule has 6 nitrogen and oxygen atoms in total. The molecule has 0 radical (unpaired) electrons. The zero-order chi connectivity index (χ0) is 16.9. The lowest BCUT2D eigenvalue weighted by molar-refractivity contribution is 0.415. The van der Waals surface area contributed by atoms with Crippen LogP contribution in [0.2, 0.25) is 0 Å². The zero-order valence-corrected chi connectivity index (χ0v) is 14.4. The Hall–Kier alpha value is -2.80. The third-order valence-corrected chi connectivity index (χ3v) is 3.76. The fourth-order valence-corrected chi connectivity index (χ4v) is 2.25. The van der Waals surface area contributed by atoms with Crippen molar-refractivity contribution in [3.63, 3.8) is 0 Å². The van der Waals surface area contributed by atoms with Gasteiger partial charge in [-0.2, -0.15) is 4.98 Å². The van der Waals surface area contributed by atoms with Crippen molar-refractivity contribution in [2.45, 2.75) is 0 Å². The highest BCUT2D eigenvalue weighted by molar-refractivity contribution is 9.10. The normalized spacial score (nSPS) is 10.2. The summed E-state index contributed by atoms with van der Waals surface area (Å²) in [6, 6.07) is 14.8. The van der Waals surface area contributed by atoms with Crippen LogP contribution in [0.15, 0.2) is 59.3 Å². The molecule has 0 spiro atoms. The third-order valence-electron chi connectivity index (χ3n) is 3.23. The van der Waals surface area contributed by atoms with E-state index < -0.39 is 0 Å². The van der Waals surface area contributed by atoms with Crippen LogP contribution in [-0.4, -0.2) is 17.1 Å². The number of rotatable bonds is 5. The van der Waals surface area contributed by atoms with Crippen molar-refractivity contribution in [2.24, 2.45) is 0 Å². The van der Waals surface area contributed by atoms with Gasteiger partial charge in [0, 0.05) is 10.2 Å². The average molecular weight is 387 g/mol. The van der Waals surface area contributed by atoms with Crippen molar-refractivity contribution in [1.29, 1.82) is 0 Å². The van der Waals surface area contributed by atoms with Crippen molar-refractivity contribution in [3.8, 4) is 17.4 Å². The van der Waals surface area contributed by atoms with Gasteiger partial charge >= 0.3 is 0 Å². The fourth-order valence-electron chi connectivity index (χ4n) is 1.99. The Kier molecular flexibility index (Phi) is 4.81. The Morgan fingerprint density at radius 2 is 1.62 bits per heavy atom. The molecule has 0 saturated carbocycles. The van der Waals surface area contributed by atoms with Crippen molar-refractivity contribution >= 4 is 33.1 Å². The summed E-state index contributed by atoms with van der Waals surface area (Å²) in [6.45, 7) is 0. The van der Waals surface area contributed by atoms with Crippen molar-refractivity contribution < 1.29 is 9.47 Å². The molecule has 1 aromatic heterocycles. The molecular weight excluding hydrogens is 372 g/mol. The molecule has 7 heteroatoms. The van der Waals surface area contributed by atoms with Crippen LogP contribution in [0, 0.1) is 0 Å². The number of ether oxygens (including phenoxy) is 2. The number of hydrogen-bond donors (Lipinski definition) is 2. The number of methoxy groups -OCH3 is 1. The Labute approximate surface area is 147 Å². The monoisotopic (exact) mass is 386 g/mol. The Balaban J connectivity index is 1.80. The minimum Gasteiger partial charge on any atom is -0.497 e. The fraction of sp³-hybridized carbons (Fsp3) is 0.0588. The second kappa shape index (κ2) is 7.18. The van der Waals surface area contributed by atoms with Crippen molar-refractivity contribution in [2.75, 3.05) is 18.2 Å². The number of nitrogens with zero attached hydrogens (tertiary/aromatic N) is 2. The molecule has 24 heavy (non-hydrogen) atoms. The molecule has 0 aliphatic carbocycles. The lowest BCUT2D eigenvalue weighted by Gasteiger charge is -2.12. The first-order valence-electron chi connectivity index (χ1n) is 7.10. The van der Waals surface area contributed by atoms with Gasteiger partial charge in [0.1, 0.15) is 23.5 Å². The molecule has 0 saturated heterocycles. The summed E-state index contributed by atoms with van der Waals surface area (Å²) in [7, 11) is 1.62. The number of anilines is 3. The highest BCUT2D eigenvalue weighted by atomic mass is 79.9. The minimum absolute atomic E-state index is 0.295. The smallest absolute Gasteiger partial charge is 0.248 e. The molecule has 0 amide bonds. The zero-order valence-electron chi connectivity index (χ0n) is 12.9. The summed E-state index contributed by atoms with van der Waals surface area (Å²) >= 11 is 3.38. The van der Waals surface area contributed by atoms with Crippen LogP contribution in [0.3, 0.4) is 0 Å². The van der Waals surface area contributed by atoms with E-state index in [9.17, 15) is 0 Å². The van der Waals surface area contributed by atoms with E-state index in [4.69, 9.17) is 15.2 Å². The van der Waals surface area contributed by atoms with Crippen LogP contribution >= 0.6 is 15.9 Å². The molecule has 122 valence electrons. The van der Waals surface area contributed by atoms with E-state index in [0.717, 1.165) is 15.9 Å². The summed E-state index contributed by atoms with van der Waals surface area (Å²) < 4.78 is 11.8. The predicted molar refractivity (Wildman–Crippen MR) is 96.9 cm³/mol. The number of benzene rings is 2. The van der Waals surface area contributed by atoms with E-state index in [0.29, 0.717) is 23.1 Å². The first-order valence-corrected chi connectivity index (χ1v) is 7.90. The summed E-state index contributed by atoms with van der Waals surface area (Å²) in [5.41, 5.74) is 7.28. The van der Waals surface area contributed by atoms with E-state index in [1.54, 1.807) is 7.11 Å². The van der Waals surface area contributed by atoms with Gasteiger partial charge in [-0.15, -0.1) is 0 Å². The second-order valence-corrected chi connectivity index (χ2v) is 5.77. The third kappa shape index (κ3) is 3.75. The van der Waals surface area contributed by atoms with Crippen LogP contribution in [0.5, 0.6) is 17.4 Å². The van der Waals surface area contributed by atoms with Gasteiger partial charge in [0.05, 0.1) is 7.11 Å². The second-order valence-electron chi connectivity index (χ2n) is 4.85. The Morgan fingerprint density at radius 3 is 2.29 bits per heavy atom. The lowest BCUT2D eigenvalue weighted by Crippen LogP contribution is -2.03. The van der Waals surface area contributed by atoms with Gasteiger partial charge in [0.25, 0.3) is 0 Å². The van der Waals surface area contributed by atoms with Crippen LogP contribution in [0.4, 0.5) is 17.2 Å². The van der Waals surface area contributed by atoms with E-state index in [2.05, 4.69) is 31.2 Å². The molecule has 0 fully saturated rings. The first-order chi connectivity index (χ1) is 11.7. The lowest BCUT2D eigenvalue weighted by atomic mass is 10.3.